The number of fused-ring (bicyclic) bond motifs is 5. The minimum absolute atomic E-state index is 0.0246. The average Bonchev–Trinajstić information content (AvgIpc) is 3.37. The third kappa shape index (κ3) is 7.94. The fourth-order valence-electron chi connectivity index (χ4n) is 15.0. The standard InChI is InChI=1S/C67H88F3N5O/c1-38-57(47-23-21-22-24-52(47)71(16)62(38,6)7)43-25-29-53-48(33-43)58(39(2)63(8,9)72(53)17)44-26-30-54-49(34-44)59(40(3)64(10,11)73(54)18)45-27-31-55-50(35-45)60(41(4)65(12,13)74(55)19)46-28-32-56-51(36-46)61(76-37-67(68,69)70)42(5)66(14,15)75(56)20/h21-36,38-42,57-61H,37H2,1-20H3. The highest BCUT2D eigenvalue weighted by Gasteiger charge is 2.51. The molecule has 0 aliphatic carbocycles. The van der Waals surface area contributed by atoms with Gasteiger partial charge in [-0.15, -0.1) is 0 Å². The molecule has 0 saturated carbocycles. The summed E-state index contributed by atoms with van der Waals surface area (Å²) in [4.78, 5) is 12.2. The third-order valence-electron chi connectivity index (χ3n) is 22.8. The second kappa shape index (κ2) is 17.9. The number of ether oxygens (including phenoxy) is 1. The summed E-state index contributed by atoms with van der Waals surface area (Å²) in [5.74, 6) is 1.32. The molecule has 0 bridgehead atoms. The van der Waals surface area contributed by atoms with Crippen LogP contribution in [0.3, 0.4) is 0 Å². The molecule has 408 valence electrons. The van der Waals surface area contributed by atoms with E-state index in [9.17, 15) is 13.2 Å². The zero-order valence-corrected chi connectivity index (χ0v) is 49.5. The maximum Gasteiger partial charge on any atom is 0.411 e. The first-order chi connectivity index (χ1) is 35.3. The van der Waals surface area contributed by atoms with Gasteiger partial charge in [-0.1, -0.05) is 101 Å². The molecule has 0 fully saturated rings. The van der Waals surface area contributed by atoms with Gasteiger partial charge in [0.1, 0.15) is 6.61 Å². The fourth-order valence-corrected chi connectivity index (χ4v) is 15.0. The Bertz CT molecular complexity index is 3060. The van der Waals surface area contributed by atoms with Gasteiger partial charge in [-0.25, -0.2) is 0 Å². The molecule has 5 heterocycles. The van der Waals surface area contributed by atoms with E-state index in [-0.39, 0.29) is 63.6 Å². The van der Waals surface area contributed by atoms with Crippen LogP contribution in [0.1, 0.15) is 184 Å². The molecule has 5 aromatic rings. The van der Waals surface area contributed by atoms with Gasteiger partial charge in [0.25, 0.3) is 0 Å². The Labute approximate surface area is 455 Å². The van der Waals surface area contributed by atoms with Crippen LogP contribution in [-0.2, 0) is 4.74 Å². The lowest BCUT2D eigenvalue weighted by Crippen LogP contribution is -2.53. The largest absolute Gasteiger partial charge is 0.411 e. The molecule has 5 aliphatic heterocycles. The molecule has 9 heteroatoms. The molecule has 76 heavy (non-hydrogen) atoms. The Hall–Kier alpha value is -5.15. The molecule has 10 rings (SSSR count). The Kier molecular flexibility index (Phi) is 12.8. The van der Waals surface area contributed by atoms with Gasteiger partial charge in [0.15, 0.2) is 0 Å². The SMILES string of the molecule is CC1C(OCC(F)(F)F)c2cc(C3c4cc(C5c6cc(C7c8cc(C9c%10ccccc%10N(C)C(C)(C)C9C)ccc8N(C)C(C)(C)C7C)ccc6N(C)C(C)(C)C5C)ccc4N(C)C(C)(C)C3C)ccc2N(C)C1(C)C. The number of hydrogen-bond acceptors (Lipinski definition) is 6. The van der Waals surface area contributed by atoms with E-state index in [4.69, 9.17) is 4.74 Å². The summed E-state index contributed by atoms with van der Waals surface area (Å²) in [7, 11) is 11.1. The van der Waals surface area contributed by atoms with Crippen LogP contribution in [0.4, 0.5) is 41.6 Å². The monoisotopic (exact) mass is 1040 g/mol. The van der Waals surface area contributed by atoms with Gasteiger partial charge < -0.3 is 29.2 Å². The van der Waals surface area contributed by atoms with Gasteiger partial charge in [-0.05, 0) is 168 Å². The van der Waals surface area contributed by atoms with Crippen molar-refractivity contribution in [2.45, 2.75) is 168 Å². The Balaban J connectivity index is 1.12. The van der Waals surface area contributed by atoms with Gasteiger partial charge in [-0.2, -0.15) is 13.2 Å². The second-order valence-corrected chi connectivity index (χ2v) is 27.1. The quantitative estimate of drug-likeness (QED) is 0.168. The molecule has 0 N–H and O–H groups in total. The van der Waals surface area contributed by atoms with E-state index in [1.54, 1.807) is 0 Å². The molecule has 0 spiro atoms. The van der Waals surface area contributed by atoms with Crippen LogP contribution < -0.4 is 24.5 Å². The minimum atomic E-state index is -4.43. The highest BCUT2D eigenvalue weighted by atomic mass is 19.4. The molecular weight excluding hydrogens is 948 g/mol. The lowest BCUT2D eigenvalue weighted by molar-refractivity contribution is -0.194. The first-order valence-corrected chi connectivity index (χ1v) is 28.3. The van der Waals surface area contributed by atoms with E-state index >= 15 is 0 Å². The Morgan fingerprint density at radius 1 is 0.368 bits per heavy atom. The zero-order valence-electron chi connectivity index (χ0n) is 49.5. The van der Waals surface area contributed by atoms with Crippen molar-refractivity contribution in [2.24, 2.45) is 29.6 Å². The number of rotatable bonds is 6. The highest BCUT2D eigenvalue weighted by Crippen LogP contribution is 2.58. The van der Waals surface area contributed by atoms with Crippen molar-refractivity contribution < 1.29 is 17.9 Å². The van der Waals surface area contributed by atoms with E-state index in [2.05, 4.69) is 254 Å². The van der Waals surface area contributed by atoms with E-state index in [1.165, 1.54) is 61.7 Å². The van der Waals surface area contributed by atoms with Crippen molar-refractivity contribution in [2.75, 3.05) is 66.3 Å². The number of nitrogens with zero attached hydrogens (tertiary/aromatic N) is 5. The van der Waals surface area contributed by atoms with Crippen molar-refractivity contribution >= 4 is 28.4 Å². The van der Waals surface area contributed by atoms with E-state index < -0.39 is 24.4 Å². The normalized spacial score (nSPS) is 29.8. The molecule has 0 radical (unpaired) electrons. The molecule has 5 aliphatic rings. The van der Waals surface area contributed by atoms with Gasteiger partial charge in [0.05, 0.1) is 6.10 Å². The van der Waals surface area contributed by atoms with Crippen LogP contribution >= 0.6 is 0 Å². The molecule has 0 amide bonds. The number of hydrogen-bond donors (Lipinski definition) is 0. The number of alkyl halides is 3. The summed E-state index contributed by atoms with van der Waals surface area (Å²) in [5, 5.41) is 0. The van der Waals surface area contributed by atoms with Gasteiger partial charge in [0.2, 0.25) is 0 Å². The molecule has 10 atom stereocenters. The first kappa shape index (κ1) is 54.2. The molecule has 10 unspecified atom stereocenters. The van der Waals surface area contributed by atoms with Gasteiger partial charge in [-0.3, -0.25) is 0 Å². The van der Waals surface area contributed by atoms with Crippen LogP contribution in [0.25, 0.3) is 0 Å². The van der Waals surface area contributed by atoms with Gasteiger partial charge in [0, 0.05) is 127 Å². The highest BCUT2D eigenvalue weighted by molar-refractivity contribution is 5.71. The lowest BCUT2D eigenvalue weighted by Gasteiger charge is -2.54. The molecule has 5 aromatic carbocycles. The number of para-hydroxylation sites is 1. The van der Waals surface area contributed by atoms with Crippen LogP contribution in [0.15, 0.2) is 97.1 Å². The van der Waals surface area contributed by atoms with Crippen LogP contribution in [-0.4, -0.2) is 75.7 Å². The third-order valence-corrected chi connectivity index (χ3v) is 22.8. The predicted molar refractivity (Wildman–Crippen MR) is 313 cm³/mol. The topological polar surface area (TPSA) is 25.4 Å². The molecule has 0 saturated heterocycles. The van der Waals surface area contributed by atoms with Crippen LogP contribution in [0.2, 0.25) is 0 Å². The van der Waals surface area contributed by atoms with Crippen molar-refractivity contribution in [1.82, 2.24) is 0 Å². The predicted octanol–water partition coefficient (Wildman–Crippen LogP) is 16.2. The lowest BCUT2D eigenvalue weighted by atomic mass is 9.64. The average molecular weight is 1040 g/mol. The second-order valence-electron chi connectivity index (χ2n) is 27.1. The van der Waals surface area contributed by atoms with E-state index in [1.807, 2.05) is 6.92 Å². The van der Waals surface area contributed by atoms with E-state index in [0.29, 0.717) is 11.8 Å². The number of anilines is 5. The zero-order chi connectivity index (χ0) is 55.5. The number of benzene rings is 5. The first-order valence-electron chi connectivity index (χ1n) is 28.3. The van der Waals surface area contributed by atoms with Crippen molar-refractivity contribution in [3.05, 3.63) is 147 Å². The fraction of sp³-hybridized carbons (Fsp3) is 0.552. The summed E-state index contributed by atoms with van der Waals surface area (Å²) >= 11 is 0. The summed E-state index contributed by atoms with van der Waals surface area (Å²) < 4.78 is 47.7. The summed E-state index contributed by atoms with van der Waals surface area (Å²) in [5.41, 5.74) is 16.4. The van der Waals surface area contributed by atoms with Crippen LogP contribution in [0, 0.1) is 29.6 Å². The summed E-state index contributed by atoms with van der Waals surface area (Å²) in [6, 6.07) is 37.8. The Morgan fingerprint density at radius 2 is 0.632 bits per heavy atom. The van der Waals surface area contributed by atoms with E-state index in [0.717, 1.165) is 16.8 Å². The summed E-state index contributed by atoms with van der Waals surface area (Å²) in [6.45, 7) is 33.7. The molecular formula is C67H88F3N5O. The van der Waals surface area contributed by atoms with Crippen molar-refractivity contribution in [1.29, 1.82) is 0 Å². The summed E-state index contributed by atoms with van der Waals surface area (Å²) in [6.07, 6.45) is -5.15. The van der Waals surface area contributed by atoms with Gasteiger partial charge >= 0.3 is 6.18 Å². The van der Waals surface area contributed by atoms with Crippen LogP contribution in [0.5, 0.6) is 0 Å². The molecule has 6 nitrogen and oxygen atoms in total. The Morgan fingerprint density at radius 3 is 0.961 bits per heavy atom. The molecule has 0 aromatic heterocycles. The minimum Gasteiger partial charge on any atom is -0.369 e. The maximum atomic E-state index is 13.9. The number of halogens is 3. The van der Waals surface area contributed by atoms with Crippen molar-refractivity contribution in [3.63, 3.8) is 0 Å². The van der Waals surface area contributed by atoms with Crippen molar-refractivity contribution in [3.8, 4) is 0 Å². The maximum absolute atomic E-state index is 13.9. The smallest absolute Gasteiger partial charge is 0.369 e.